The van der Waals surface area contributed by atoms with Crippen LogP contribution in [-0.2, 0) is 27.7 Å². The largest absolute Gasteiger partial charge is 0.342 e. The summed E-state index contributed by atoms with van der Waals surface area (Å²) >= 11 is 0. The highest BCUT2D eigenvalue weighted by Gasteiger charge is 2.37. The Hall–Kier alpha value is -3.12. The van der Waals surface area contributed by atoms with E-state index in [1.54, 1.807) is 17.3 Å². The van der Waals surface area contributed by atoms with Crippen molar-refractivity contribution in [3.05, 3.63) is 95.1 Å². The average Bonchev–Trinajstić information content (AvgIpc) is 3.07. The van der Waals surface area contributed by atoms with Gasteiger partial charge in [-0.15, -0.1) is 0 Å². The van der Waals surface area contributed by atoms with E-state index in [0.717, 1.165) is 34.4 Å². The molecule has 1 amide bonds. The average molecular weight is 447 g/mol. The first kappa shape index (κ1) is 20.8. The lowest BCUT2D eigenvalue weighted by molar-refractivity contribution is -0.128. The zero-order valence-corrected chi connectivity index (χ0v) is 18.9. The van der Waals surface area contributed by atoms with Crippen molar-refractivity contribution >= 4 is 21.6 Å². The van der Waals surface area contributed by atoms with E-state index >= 15 is 0 Å². The number of rotatable bonds is 3. The molecule has 0 fully saturated rings. The molecule has 164 valence electrons. The quantitative estimate of drug-likeness (QED) is 0.612. The van der Waals surface area contributed by atoms with Crippen molar-refractivity contribution in [3.8, 4) is 0 Å². The summed E-state index contributed by atoms with van der Waals surface area (Å²) < 4.78 is 29.1. The molecule has 0 radical (unpaired) electrons. The van der Waals surface area contributed by atoms with Crippen LogP contribution in [0.15, 0.2) is 77.7 Å². The van der Waals surface area contributed by atoms with Crippen LogP contribution in [0.1, 0.15) is 35.1 Å². The van der Waals surface area contributed by atoms with Gasteiger partial charge in [0, 0.05) is 32.5 Å². The normalized spacial score (nSPS) is 18.1. The predicted molar refractivity (Wildman–Crippen MR) is 125 cm³/mol. The second kappa shape index (κ2) is 8.10. The maximum atomic E-state index is 13.8. The number of carbonyl (C=O) groups excluding carboxylic acids is 1. The van der Waals surface area contributed by atoms with Crippen molar-refractivity contribution in [1.29, 1.82) is 0 Å². The number of hydrogen-bond acceptors (Lipinski definition) is 3. The monoisotopic (exact) mass is 446 g/mol. The smallest absolute Gasteiger partial charge is 0.264 e. The van der Waals surface area contributed by atoms with Gasteiger partial charge < -0.3 is 4.90 Å². The standard InChI is InChI=1S/C26H26N2O3S/c1-19(29)27-15-13-20-11-12-23(17-22(20)14-16-27)32(30,31)28-18-25(21-7-3-2-4-8-21)24-9-5-6-10-26(24)28/h2-12,17,25H,13-16,18H2,1H3. The third-order valence-electron chi connectivity index (χ3n) is 6.64. The third kappa shape index (κ3) is 3.58. The topological polar surface area (TPSA) is 57.7 Å². The molecule has 0 saturated heterocycles. The van der Waals surface area contributed by atoms with Crippen molar-refractivity contribution in [2.75, 3.05) is 23.9 Å². The highest BCUT2D eigenvalue weighted by Crippen LogP contribution is 2.42. The Morgan fingerprint density at radius 2 is 1.56 bits per heavy atom. The minimum Gasteiger partial charge on any atom is -0.342 e. The van der Waals surface area contributed by atoms with E-state index < -0.39 is 10.0 Å². The first-order valence-electron chi connectivity index (χ1n) is 11.0. The molecule has 3 aromatic carbocycles. The molecule has 5 rings (SSSR count). The molecule has 0 saturated carbocycles. The zero-order valence-electron chi connectivity index (χ0n) is 18.1. The van der Waals surface area contributed by atoms with Gasteiger partial charge in [0.05, 0.1) is 10.6 Å². The molecule has 0 bridgehead atoms. The lowest BCUT2D eigenvalue weighted by Crippen LogP contribution is -2.31. The van der Waals surface area contributed by atoms with Crippen molar-refractivity contribution < 1.29 is 13.2 Å². The zero-order chi connectivity index (χ0) is 22.3. The van der Waals surface area contributed by atoms with Gasteiger partial charge in [0.2, 0.25) is 5.91 Å². The van der Waals surface area contributed by atoms with E-state index in [4.69, 9.17) is 0 Å². The van der Waals surface area contributed by atoms with Crippen LogP contribution in [0.4, 0.5) is 5.69 Å². The molecule has 3 aromatic rings. The third-order valence-corrected chi connectivity index (χ3v) is 8.42. The van der Waals surface area contributed by atoms with E-state index in [1.807, 2.05) is 59.5 Å². The molecule has 0 N–H and O–H groups in total. The van der Waals surface area contributed by atoms with Gasteiger partial charge in [-0.1, -0.05) is 54.6 Å². The Labute approximate surface area is 189 Å². The van der Waals surface area contributed by atoms with Crippen LogP contribution in [-0.4, -0.2) is 38.9 Å². The van der Waals surface area contributed by atoms with Gasteiger partial charge >= 0.3 is 0 Å². The molecule has 0 aliphatic carbocycles. The Morgan fingerprint density at radius 3 is 2.31 bits per heavy atom. The summed E-state index contributed by atoms with van der Waals surface area (Å²) in [6.45, 7) is 3.27. The molecule has 2 heterocycles. The summed E-state index contributed by atoms with van der Waals surface area (Å²) in [5, 5.41) is 0. The molecule has 1 unspecified atom stereocenters. The molecule has 2 aliphatic heterocycles. The summed E-state index contributed by atoms with van der Waals surface area (Å²) in [5.74, 6) is 0.0680. The van der Waals surface area contributed by atoms with Gasteiger partial charge in [-0.25, -0.2) is 8.42 Å². The van der Waals surface area contributed by atoms with Crippen LogP contribution < -0.4 is 4.31 Å². The number of para-hydroxylation sites is 1. The molecule has 6 heteroatoms. The van der Waals surface area contributed by atoms with E-state index in [-0.39, 0.29) is 11.8 Å². The minimum atomic E-state index is -3.72. The number of sulfonamides is 1. The van der Waals surface area contributed by atoms with E-state index in [0.29, 0.717) is 31.0 Å². The Morgan fingerprint density at radius 1 is 0.875 bits per heavy atom. The first-order valence-corrected chi connectivity index (χ1v) is 12.4. The number of carbonyl (C=O) groups is 1. The number of anilines is 1. The first-order chi connectivity index (χ1) is 15.4. The number of fused-ring (bicyclic) bond motifs is 2. The van der Waals surface area contributed by atoms with Gasteiger partial charge in [0.1, 0.15) is 0 Å². The summed E-state index contributed by atoms with van der Waals surface area (Å²) in [5.41, 5.74) is 5.04. The van der Waals surface area contributed by atoms with Gasteiger partial charge in [0.25, 0.3) is 10.0 Å². The van der Waals surface area contributed by atoms with Gasteiger partial charge in [-0.2, -0.15) is 0 Å². The van der Waals surface area contributed by atoms with Crippen LogP contribution in [0.3, 0.4) is 0 Å². The lowest BCUT2D eigenvalue weighted by Gasteiger charge is -2.21. The van der Waals surface area contributed by atoms with Crippen LogP contribution in [0.2, 0.25) is 0 Å². The maximum Gasteiger partial charge on any atom is 0.264 e. The predicted octanol–water partition coefficient (Wildman–Crippen LogP) is 3.97. The van der Waals surface area contributed by atoms with Crippen LogP contribution in [0.25, 0.3) is 0 Å². The van der Waals surface area contributed by atoms with Crippen molar-refractivity contribution in [1.82, 2.24) is 4.90 Å². The summed E-state index contributed by atoms with van der Waals surface area (Å²) in [7, 11) is -3.72. The maximum absolute atomic E-state index is 13.8. The number of amides is 1. The van der Waals surface area contributed by atoms with E-state index in [1.165, 1.54) is 0 Å². The summed E-state index contributed by atoms with van der Waals surface area (Å²) in [4.78, 5) is 13.9. The fourth-order valence-corrected chi connectivity index (χ4v) is 6.43. The summed E-state index contributed by atoms with van der Waals surface area (Å²) in [6, 6.07) is 23.3. The van der Waals surface area contributed by atoms with Crippen molar-refractivity contribution in [2.45, 2.75) is 30.6 Å². The van der Waals surface area contributed by atoms with Crippen LogP contribution in [0, 0.1) is 0 Å². The molecule has 2 aliphatic rings. The minimum absolute atomic E-state index is 0.00660. The second-order valence-corrected chi connectivity index (χ2v) is 10.4. The molecule has 0 aromatic heterocycles. The lowest BCUT2D eigenvalue weighted by atomic mass is 9.93. The van der Waals surface area contributed by atoms with Gasteiger partial charge in [0.15, 0.2) is 0 Å². The van der Waals surface area contributed by atoms with Crippen LogP contribution in [0.5, 0.6) is 0 Å². The fourth-order valence-electron chi connectivity index (χ4n) is 4.87. The molecular weight excluding hydrogens is 420 g/mol. The van der Waals surface area contributed by atoms with Gasteiger partial charge in [-0.05, 0) is 53.3 Å². The SMILES string of the molecule is CC(=O)N1CCc2ccc(S(=O)(=O)N3CC(c4ccccc4)c4ccccc43)cc2CC1. The summed E-state index contributed by atoms with van der Waals surface area (Å²) in [6.07, 6.45) is 1.42. The molecule has 5 nitrogen and oxygen atoms in total. The number of benzene rings is 3. The highest BCUT2D eigenvalue weighted by molar-refractivity contribution is 7.92. The van der Waals surface area contributed by atoms with E-state index in [2.05, 4.69) is 12.1 Å². The molecular formula is C26H26N2O3S. The second-order valence-electron chi connectivity index (χ2n) is 8.49. The number of hydrogen-bond donors (Lipinski definition) is 0. The van der Waals surface area contributed by atoms with E-state index in [9.17, 15) is 13.2 Å². The Bertz CT molecular complexity index is 1270. The van der Waals surface area contributed by atoms with Crippen LogP contribution >= 0.6 is 0 Å². The van der Waals surface area contributed by atoms with Crippen molar-refractivity contribution in [3.63, 3.8) is 0 Å². The number of nitrogens with zero attached hydrogens (tertiary/aromatic N) is 2. The Balaban J connectivity index is 1.50. The molecule has 32 heavy (non-hydrogen) atoms. The molecule has 0 spiro atoms. The van der Waals surface area contributed by atoms with Gasteiger partial charge in [-0.3, -0.25) is 9.10 Å². The van der Waals surface area contributed by atoms with Crippen molar-refractivity contribution in [2.24, 2.45) is 0 Å². The Kier molecular flexibility index (Phi) is 5.25. The fraction of sp³-hybridized carbons (Fsp3) is 0.269. The molecule has 1 atom stereocenters. The highest BCUT2D eigenvalue weighted by atomic mass is 32.2.